The SMILES string of the molecule is CCOc1ccc(N2C(=O)NC(=O)/C(=C\c3ccc(OC)c(C(=O)O)c3)C2=O)cc1. The van der Waals surface area contributed by atoms with Crippen LogP contribution in [0.1, 0.15) is 22.8 Å². The van der Waals surface area contributed by atoms with Crippen LogP contribution in [0.2, 0.25) is 0 Å². The third-order valence-corrected chi connectivity index (χ3v) is 4.27. The molecule has 2 aromatic carbocycles. The van der Waals surface area contributed by atoms with Crippen molar-refractivity contribution in [3.05, 3.63) is 59.2 Å². The largest absolute Gasteiger partial charge is 0.496 e. The number of nitrogens with zero attached hydrogens (tertiary/aromatic N) is 1. The number of nitrogens with one attached hydrogen (secondary N) is 1. The minimum atomic E-state index is -1.22. The molecule has 9 nitrogen and oxygen atoms in total. The standard InChI is InChI=1S/C21H18N2O7/c1-3-30-14-7-5-13(6-8-14)23-19(25)16(18(24)22-21(23)28)11-12-4-9-17(29-2)15(10-12)20(26)27/h4-11H,3H2,1-2H3,(H,26,27)(H,22,24,28)/b16-11+. The van der Waals surface area contributed by atoms with Gasteiger partial charge in [0.2, 0.25) is 0 Å². The number of hydrogen-bond donors (Lipinski definition) is 2. The Morgan fingerprint density at radius 2 is 1.83 bits per heavy atom. The number of rotatable bonds is 6. The van der Waals surface area contributed by atoms with E-state index in [0.29, 0.717) is 12.4 Å². The van der Waals surface area contributed by atoms with Gasteiger partial charge in [-0.15, -0.1) is 0 Å². The number of benzene rings is 2. The Bertz CT molecular complexity index is 1060. The van der Waals surface area contributed by atoms with Gasteiger partial charge in [-0.3, -0.25) is 14.9 Å². The summed E-state index contributed by atoms with van der Waals surface area (Å²) in [7, 11) is 1.33. The summed E-state index contributed by atoms with van der Waals surface area (Å²) in [5, 5.41) is 11.4. The third-order valence-electron chi connectivity index (χ3n) is 4.27. The lowest BCUT2D eigenvalue weighted by Crippen LogP contribution is -2.54. The molecule has 9 heteroatoms. The van der Waals surface area contributed by atoms with Crippen LogP contribution >= 0.6 is 0 Å². The molecule has 0 radical (unpaired) electrons. The van der Waals surface area contributed by atoms with Crippen molar-refractivity contribution in [2.45, 2.75) is 6.92 Å². The fraction of sp³-hybridized carbons (Fsp3) is 0.143. The first-order chi connectivity index (χ1) is 14.3. The normalized spacial score (nSPS) is 15.2. The molecule has 1 aliphatic rings. The zero-order valence-corrected chi connectivity index (χ0v) is 16.2. The van der Waals surface area contributed by atoms with E-state index >= 15 is 0 Å². The van der Waals surface area contributed by atoms with Crippen LogP contribution in [0, 0.1) is 0 Å². The van der Waals surface area contributed by atoms with Gasteiger partial charge in [0.25, 0.3) is 11.8 Å². The number of ether oxygens (including phenoxy) is 2. The van der Waals surface area contributed by atoms with Gasteiger partial charge in [-0.05, 0) is 55.0 Å². The van der Waals surface area contributed by atoms with Gasteiger partial charge in [0, 0.05) is 0 Å². The molecule has 1 fully saturated rings. The number of carboxylic acids is 1. The Balaban J connectivity index is 1.98. The molecule has 0 saturated carbocycles. The fourth-order valence-corrected chi connectivity index (χ4v) is 2.90. The van der Waals surface area contributed by atoms with Crippen molar-refractivity contribution in [1.82, 2.24) is 5.32 Å². The van der Waals surface area contributed by atoms with E-state index in [-0.39, 0.29) is 28.1 Å². The van der Waals surface area contributed by atoms with Crippen molar-refractivity contribution in [2.24, 2.45) is 0 Å². The quantitative estimate of drug-likeness (QED) is 0.554. The van der Waals surface area contributed by atoms with Crippen LogP contribution < -0.4 is 19.7 Å². The Morgan fingerprint density at radius 1 is 1.13 bits per heavy atom. The van der Waals surface area contributed by atoms with Crippen molar-refractivity contribution in [3.63, 3.8) is 0 Å². The van der Waals surface area contributed by atoms with E-state index < -0.39 is 23.8 Å². The smallest absolute Gasteiger partial charge is 0.339 e. The summed E-state index contributed by atoms with van der Waals surface area (Å²) in [5.41, 5.74) is 0.0907. The maximum absolute atomic E-state index is 12.9. The molecule has 1 saturated heterocycles. The van der Waals surface area contributed by atoms with Crippen molar-refractivity contribution in [2.75, 3.05) is 18.6 Å². The molecule has 2 aromatic rings. The van der Waals surface area contributed by atoms with E-state index in [4.69, 9.17) is 9.47 Å². The summed E-state index contributed by atoms with van der Waals surface area (Å²) in [6, 6.07) is 9.54. The first-order valence-corrected chi connectivity index (χ1v) is 8.91. The zero-order valence-electron chi connectivity index (χ0n) is 16.2. The highest BCUT2D eigenvalue weighted by atomic mass is 16.5. The van der Waals surface area contributed by atoms with E-state index in [2.05, 4.69) is 5.32 Å². The number of hydrogen-bond acceptors (Lipinski definition) is 6. The predicted octanol–water partition coefficient (Wildman–Crippen LogP) is 2.46. The van der Waals surface area contributed by atoms with Gasteiger partial charge in [0.05, 0.1) is 19.4 Å². The summed E-state index contributed by atoms with van der Waals surface area (Å²) < 4.78 is 10.3. The first-order valence-electron chi connectivity index (χ1n) is 8.91. The minimum absolute atomic E-state index is 0.130. The average molecular weight is 410 g/mol. The number of methoxy groups -OCH3 is 1. The number of carboxylic acid groups (broad SMARTS) is 1. The molecule has 1 heterocycles. The van der Waals surface area contributed by atoms with E-state index in [1.54, 1.807) is 12.1 Å². The molecule has 4 amide bonds. The number of carbonyl (C=O) groups is 4. The van der Waals surface area contributed by atoms with Crippen LogP contribution in [-0.4, -0.2) is 42.6 Å². The molecular formula is C21H18N2O7. The lowest BCUT2D eigenvalue weighted by molar-refractivity contribution is -0.122. The van der Waals surface area contributed by atoms with Crippen LogP contribution in [0.15, 0.2) is 48.0 Å². The summed E-state index contributed by atoms with van der Waals surface area (Å²) in [6.45, 7) is 2.29. The number of carbonyl (C=O) groups excluding carboxylic acids is 3. The van der Waals surface area contributed by atoms with E-state index in [9.17, 15) is 24.3 Å². The number of amides is 4. The average Bonchev–Trinajstić information content (AvgIpc) is 2.72. The van der Waals surface area contributed by atoms with Gasteiger partial charge < -0.3 is 14.6 Å². The summed E-state index contributed by atoms with van der Waals surface area (Å²) in [6.07, 6.45) is 1.22. The fourth-order valence-electron chi connectivity index (χ4n) is 2.90. The Kier molecular flexibility index (Phi) is 5.82. The number of urea groups is 1. The number of aromatic carboxylic acids is 1. The molecule has 0 aliphatic carbocycles. The molecule has 0 spiro atoms. The predicted molar refractivity (Wildman–Crippen MR) is 107 cm³/mol. The molecular weight excluding hydrogens is 392 g/mol. The van der Waals surface area contributed by atoms with Crippen LogP contribution in [0.4, 0.5) is 10.5 Å². The van der Waals surface area contributed by atoms with Crippen LogP contribution in [0.3, 0.4) is 0 Å². The summed E-state index contributed by atoms with van der Waals surface area (Å²) >= 11 is 0. The molecule has 2 N–H and O–H groups in total. The van der Waals surface area contributed by atoms with Crippen LogP contribution in [-0.2, 0) is 9.59 Å². The molecule has 30 heavy (non-hydrogen) atoms. The molecule has 0 unspecified atom stereocenters. The highest BCUT2D eigenvalue weighted by Gasteiger charge is 2.36. The molecule has 154 valence electrons. The summed E-state index contributed by atoms with van der Waals surface area (Å²) in [5.74, 6) is -2.23. The van der Waals surface area contributed by atoms with Gasteiger partial charge in [0.1, 0.15) is 22.6 Å². The Labute approximate surface area is 171 Å². The van der Waals surface area contributed by atoms with Gasteiger partial charge >= 0.3 is 12.0 Å². The molecule has 0 aromatic heterocycles. The summed E-state index contributed by atoms with van der Waals surface area (Å²) in [4.78, 5) is 49.7. The molecule has 0 bridgehead atoms. The van der Waals surface area contributed by atoms with Crippen LogP contribution in [0.25, 0.3) is 6.08 Å². The topological polar surface area (TPSA) is 122 Å². The lowest BCUT2D eigenvalue weighted by Gasteiger charge is -2.26. The zero-order chi connectivity index (χ0) is 21.8. The number of barbiturate groups is 1. The number of imide groups is 2. The third kappa shape index (κ3) is 4.00. The second-order valence-corrected chi connectivity index (χ2v) is 6.15. The van der Waals surface area contributed by atoms with Gasteiger partial charge in [-0.25, -0.2) is 14.5 Å². The molecule has 0 atom stereocenters. The van der Waals surface area contributed by atoms with E-state index in [0.717, 1.165) is 4.90 Å². The second-order valence-electron chi connectivity index (χ2n) is 6.15. The van der Waals surface area contributed by atoms with Crippen molar-refractivity contribution in [1.29, 1.82) is 0 Å². The van der Waals surface area contributed by atoms with Gasteiger partial charge in [0.15, 0.2) is 0 Å². The maximum Gasteiger partial charge on any atom is 0.339 e. The highest BCUT2D eigenvalue weighted by molar-refractivity contribution is 6.39. The van der Waals surface area contributed by atoms with Crippen molar-refractivity contribution >= 4 is 35.6 Å². The Morgan fingerprint density at radius 3 is 2.43 bits per heavy atom. The number of anilines is 1. The van der Waals surface area contributed by atoms with Crippen molar-refractivity contribution < 1.29 is 33.8 Å². The van der Waals surface area contributed by atoms with E-state index in [1.807, 2.05) is 6.92 Å². The molecule has 3 rings (SSSR count). The van der Waals surface area contributed by atoms with Crippen LogP contribution in [0.5, 0.6) is 11.5 Å². The first kappa shape index (κ1) is 20.6. The van der Waals surface area contributed by atoms with Gasteiger partial charge in [-0.1, -0.05) is 6.07 Å². The Hall–Kier alpha value is -4.14. The monoisotopic (exact) mass is 410 g/mol. The maximum atomic E-state index is 12.9. The lowest BCUT2D eigenvalue weighted by atomic mass is 10.0. The van der Waals surface area contributed by atoms with Crippen molar-refractivity contribution in [3.8, 4) is 11.5 Å². The highest BCUT2D eigenvalue weighted by Crippen LogP contribution is 2.26. The second kappa shape index (κ2) is 8.48. The minimum Gasteiger partial charge on any atom is -0.496 e. The van der Waals surface area contributed by atoms with Gasteiger partial charge in [-0.2, -0.15) is 0 Å². The van der Waals surface area contributed by atoms with E-state index in [1.165, 1.54) is 43.5 Å². The molecule has 1 aliphatic heterocycles.